The smallest absolute Gasteiger partial charge is 0.261 e. The molecule has 5 nitrogen and oxygen atoms in total. The van der Waals surface area contributed by atoms with Crippen LogP contribution in [0.5, 0.6) is 0 Å². The van der Waals surface area contributed by atoms with Gasteiger partial charge >= 0.3 is 0 Å². The van der Waals surface area contributed by atoms with Crippen LogP contribution in [0.3, 0.4) is 0 Å². The van der Waals surface area contributed by atoms with Crippen molar-refractivity contribution >= 4 is 17.2 Å². The van der Waals surface area contributed by atoms with Crippen molar-refractivity contribution in [3.8, 4) is 22.5 Å². The number of hydrogen-bond acceptors (Lipinski definition) is 3. The van der Waals surface area contributed by atoms with Crippen LogP contribution in [0.15, 0.2) is 97.2 Å². The first-order valence-corrected chi connectivity index (χ1v) is 9.76. The zero-order valence-electron chi connectivity index (χ0n) is 16.4. The summed E-state index contributed by atoms with van der Waals surface area (Å²) in [6.07, 6.45) is 1.46. The molecule has 3 aromatic carbocycles. The molecule has 0 saturated heterocycles. The van der Waals surface area contributed by atoms with Gasteiger partial charge in [-0.15, -0.1) is 0 Å². The maximum atomic E-state index is 14.0. The second kappa shape index (κ2) is 7.84. The predicted molar refractivity (Wildman–Crippen MR) is 118 cm³/mol. The zero-order valence-corrected chi connectivity index (χ0v) is 16.4. The molecule has 0 spiro atoms. The van der Waals surface area contributed by atoms with Crippen molar-refractivity contribution in [1.29, 1.82) is 0 Å². The van der Waals surface area contributed by atoms with E-state index in [1.807, 2.05) is 66.7 Å². The number of amides is 1. The molecule has 0 aliphatic carbocycles. The van der Waals surface area contributed by atoms with Crippen LogP contribution in [0.4, 0.5) is 10.1 Å². The normalized spacial score (nSPS) is 10.9. The Morgan fingerprint density at radius 3 is 2.19 bits per heavy atom. The fourth-order valence-corrected chi connectivity index (χ4v) is 3.45. The Morgan fingerprint density at radius 1 is 0.839 bits per heavy atom. The molecule has 0 fully saturated rings. The number of anilines is 1. The number of rotatable bonds is 4. The van der Waals surface area contributed by atoms with Gasteiger partial charge in [0.1, 0.15) is 11.4 Å². The summed E-state index contributed by atoms with van der Waals surface area (Å²) in [6.45, 7) is 0. The van der Waals surface area contributed by atoms with Crippen LogP contribution in [-0.2, 0) is 0 Å². The van der Waals surface area contributed by atoms with Crippen LogP contribution in [0, 0.1) is 5.82 Å². The van der Waals surface area contributed by atoms with Gasteiger partial charge in [-0.3, -0.25) is 4.79 Å². The lowest BCUT2D eigenvalue weighted by atomic mass is 10.1. The molecule has 5 rings (SSSR count). The monoisotopic (exact) mass is 408 g/mol. The Balaban J connectivity index is 1.67. The average molecular weight is 408 g/mol. The summed E-state index contributed by atoms with van der Waals surface area (Å²) in [7, 11) is 0. The van der Waals surface area contributed by atoms with E-state index >= 15 is 0 Å². The molecule has 2 heterocycles. The highest BCUT2D eigenvalue weighted by molar-refractivity contribution is 6.08. The highest BCUT2D eigenvalue weighted by Crippen LogP contribution is 2.27. The van der Waals surface area contributed by atoms with Gasteiger partial charge in [0.25, 0.3) is 5.91 Å². The van der Waals surface area contributed by atoms with Crippen molar-refractivity contribution < 1.29 is 9.18 Å². The highest BCUT2D eigenvalue weighted by atomic mass is 19.1. The van der Waals surface area contributed by atoms with E-state index in [-0.39, 0.29) is 11.3 Å². The summed E-state index contributed by atoms with van der Waals surface area (Å²) in [6, 6.07) is 27.5. The van der Waals surface area contributed by atoms with Gasteiger partial charge < -0.3 is 5.32 Å². The topological polar surface area (TPSA) is 59.3 Å². The minimum atomic E-state index is -0.504. The maximum Gasteiger partial charge on any atom is 0.261 e. The van der Waals surface area contributed by atoms with Crippen LogP contribution in [-0.4, -0.2) is 20.5 Å². The van der Waals surface area contributed by atoms with Crippen molar-refractivity contribution in [1.82, 2.24) is 14.6 Å². The number of para-hydroxylation sites is 1. The molecule has 6 heteroatoms. The zero-order chi connectivity index (χ0) is 21.2. The first kappa shape index (κ1) is 18.7. The average Bonchev–Trinajstić information content (AvgIpc) is 3.25. The third-order valence-corrected chi connectivity index (χ3v) is 4.98. The lowest BCUT2D eigenvalue weighted by Crippen LogP contribution is -2.13. The first-order valence-electron chi connectivity index (χ1n) is 9.76. The van der Waals surface area contributed by atoms with E-state index in [0.717, 1.165) is 16.8 Å². The number of fused-ring (bicyclic) bond motifs is 1. The number of benzene rings is 3. The molecule has 0 aliphatic heterocycles. The minimum absolute atomic E-state index is 0.106. The molecular weight excluding hydrogens is 391 g/mol. The third kappa shape index (κ3) is 3.55. The summed E-state index contributed by atoms with van der Waals surface area (Å²) in [4.78, 5) is 17.7. The molecule has 1 amide bonds. The maximum absolute atomic E-state index is 14.0. The minimum Gasteiger partial charge on any atom is -0.319 e. The second-order valence-electron chi connectivity index (χ2n) is 6.99. The Bertz CT molecular complexity index is 1380. The Labute approximate surface area is 177 Å². The van der Waals surface area contributed by atoms with Crippen molar-refractivity contribution in [3.63, 3.8) is 0 Å². The lowest BCUT2D eigenvalue weighted by Gasteiger charge is -2.10. The van der Waals surface area contributed by atoms with Gasteiger partial charge in [0.05, 0.1) is 23.3 Å². The van der Waals surface area contributed by atoms with Crippen molar-refractivity contribution in [2.24, 2.45) is 0 Å². The second-order valence-corrected chi connectivity index (χ2v) is 6.99. The Hall–Kier alpha value is -4.32. The molecule has 1 N–H and O–H groups in total. The number of nitrogens with one attached hydrogen (secondary N) is 1. The molecule has 0 saturated carbocycles. The van der Waals surface area contributed by atoms with Gasteiger partial charge in [-0.2, -0.15) is 5.10 Å². The Kier molecular flexibility index (Phi) is 4.72. The van der Waals surface area contributed by atoms with E-state index in [4.69, 9.17) is 4.98 Å². The van der Waals surface area contributed by atoms with E-state index in [9.17, 15) is 9.18 Å². The molecule has 0 atom stereocenters. The number of aromatic nitrogens is 3. The van der Waals surface area contributed by atoms with Gasteiger partial charge in [-0.1, -0.05) is 72.8 Å². The van der Waals surface area contributed by atoms with E-state index in [1.165, 1.54) is 18.3 Å². The van der Waals surface area contributed by atoms with Crippen LogP contribution >= 0.6 is 0 Å². The van der Waals surface area contributed by atoms with Gasteiger partial charge in [0.15, 0.2) is 5.65 Å². The quantitative estimate of drug-likeness (QED) is 0.430. The first-order chi connectivity index (χ1) is 15.2. The number of carbonyl (C=O) groups is 1. The van der Waals surface area contributed by atoms with Crippen molar-refractivity contribution in [2.75, 3.05) is 5.32 Å². The van der Waals surface area contributed by atoms with Crippen LogP contribution < -0.4 is 5.32 Å². The number of halogens is 1. The SMILES string of the molecule is O=C(Nc1ccccc1F)c1cnn2c(-c3ccccc3)cc(-c3ccccc3)nc12. The van der Waals surface area contributed by atoms with Gasteiger partial charge in [0, 0.05) is 11.1 Å². The largest absolute Gasteiger partial charge is 0.319 e. The third-order valence-electron chi connectivity index (χ3n) is 4.98. The van der Waals surface area contributed by atoms with E-state index in [1.54, 1.807) is 16.6 Å². The number of carbonyl (C=O) groups excluding carboxylic acids is 1. The van der Waals surface area contributed by atoms with Crippen molar-refractivity contribution in [2.45, 2.75) is 0 Å². The molecule has 0 bridgehead atoms. The summed E-state index contributed by atoms with van der Waals surface area (Å²) in [5.74, 6) is -0.980. The standard InChI is InChI=1S/C25H17FN4O/c26-20-13-7-8-14-21(20)29-25(31)19-16-27-30-23(18-11-5-2-6-12-18)15-22(28-24(19)30)17-9-3-1-4-10-17/h1-16H,(H,29,31). The summed E-state index contributed by atoms with van der Waals surface area (Å²) < 4.78 is 15.7. The molecule has 150 valence electrons. The fraction of sp³-hybridized carbons (Fsp3) is 0. The van der Waals surface area contributed by atoms with E-state index in [2.05, 4.69) is 10.4 Å². The highest BCUT2D eigenvalue weighted by Gasteiger charge is 2.19. The molecule has 0 aliphatic rings. The molecular formula is C25H17FN4O. The van der Waals surface area contributed by atoms with Crippen LogP contribution in [0.25, 0.3) is 28.2 Å². The predicted octanol–water partition coefficient (Wildman–Crippen LogP) is 5.45. The fourth-order valence-electron chi connectivity index (χ4n) is 3.45. The Morgan fingerprint density at radius 2 is 1.48 bits per heavy atom. The summed E-state index contributed by atoms with van der Waals surface area (Å²) in [5.41, 5.74) is 4.14. The molecule has 0 unspecified atom stereocenters. The summed E-state index contributed by atoms with van der Waals surface area (Å²) >= 11 is 0. The van der Waals surface area contributed by atoms with E-state index in [0.29, 0.717) is 11.3 Å². The number of hydrogen-bond donors (Lipinski definition) is 1. The molecule has 0 radical (unpaired) electrons. The van der Waals surface area contributed by atoms with Crippen LogP contribution in [0.2, 0.25) is 0 Å². The molecule has 5 aromatic rings. The lowest BCUT2D eigenvalue weighted by molar-refractivity contribution is 0.102. The molecule has 2 aromatic heterocycles. The van der Waals surface area contributed by atoms with Gasteiger partial charge in [0.2, 0.25) is 0 Å². The van der Waals surface area contributed by atoms with Crippen LogP contribution in [0.1, 0.15) is 10.4 Å². The van der Waals surface area contributed by atoms with Crippen molar-refractivity contribution in [3.05, 3.63) is 109 Å². The summed E-state index contributed by atoms with van der Waals surface area (Å²) in [5, 5.41) is 7.03. The number of nitrogens with zero attached hydrogens (tertiary/aromatic N) is 3. The molecule has 31 heavy (non-hydrogen) atoms. The van der Waals surface area contributed by atoms with Gasteiger partial charge in [-0.25, -0.2) is 13.9 Å². The van der Waals surface area contributed by atoms with Gasteiger partial charge in [-0.05, 0) is 18.2 Å². The van der Waals surface area contributed by atoms with E-state index < -0.39 is 11.7 Å².